The van der Waals surface area contributed by atoms with Gasteiger partial charge >= 0.3 is 5.97 Å². The van der Waals surface area contributed by atoms with Crippen molar-refractivity contribution in [1.82, 2.24) is 0 Å². The molecular weight excluding hydrogens is 246 g/mol. The van der Waals surface area contributed by atoms with E-state index in [-0.39, 0.29) is 11.5 Å². The standard InChI is InChI=1S/C13H17N3O3/c1-13(12(15)19)4-5-16(7-13)10-3-2-8(11(17)18)6-9(10)14/h2-3,6H,4-5,7,14H2,1H3,(H2,15,19)(H,17,18). The van der Waals surface area contributed by atoms with Gasteiger partial charge in [-0.05, 0) is 31.5 Å². The number of hydrogen-bond donors (Lipinski definition) is 3. The van der Waals surface area contributed by atoms with Gasteiger partial charge in [-0.25, -0.2) is 4.79 Å². The van der Waals surface area contributed by atoms with Crippen LogP contribution in [0.3, 0.4) is 0 Å². The SMILES string of the molecule is CC1(C(N)=O)CCN(c2ccc(C(=O)O)cc2N)C1. The molecular formula is C13H17N3O3. The number of primary amides is 1. The molecule has 1 amide bonds. The number of nitrogens with zero attached hydrogens (tertiary/aromatic N) is 1. The third kappa shape index (κ3) is 2.33. The highest BCUT2D eigenvalue weighted by Gasteiger charge is 2.39. The second kappa shape index (κ2) is 4.46. The van der Waals surface area contributed by atoms with Gasteiger partial charge in [-0.15, -0.1) is 0 Å². The number of benzene rings is 1. The van der Waals surface area contributed by atoms with Gasteiger partial charge in [0.2, 0.25) is 5.91 Å². The number of carbonyl (C=O) groups is 2. The molecule has 1 aliphatic heterocycles. The van der Waals surface area contributed by atoms with E-state index in [4.69, 9.17) is 16.6 Å². The van der Waals surface area contributed by atoms with Crippen LogP contribution >= 0.6 is 0 Å². The smallest absolute Gasteiger partial charge is 0.335 e. The first kappa shape index (κ1) is 13.2. The van der Waals surface area contributed by atoms with Gasteiger partial charge in [-0.1, -0.05) is 0 Å². The minimum atomic E-state index is -1.01. The number of amides is 1. The summed E-state index contributed by atoms with van der Waals surface area (Å²) in [6.07, 6.45) is 0.669. The summed E-state index contributed by atoms with van der Waals surface area (Å²) in [5.74, 6) is -1.34. The van der Waals surface area contributed by atoms with Crippen LogP contribution in [0.5, 0.6) is 0 Å². The Labute approximate surface area is 111 Å². The highest BCUT2D eigenvalue weighted by molar-refractivity contribution is 5.90. The molecule has 1 fully saturated rings. The fourth-order valence-electron chi connectivity index (χ4n) is 2.34. The van der Waals surface area contributed by atoms with Gasteiger partial charge in [-0.2, -0.15) is 0 Å². The molecule has 0 aliphatic carbocycles. The maximum atomic E-state index is 11.4. The lowest BCUT2D eigenvalue weighted by atomic mass is 9.89. The van der Waals surface area contributed by atoms with Crippen molar-refractivity contribution < 1.29 is 14.7 Å². The Bertz CT molecular complexity index is 544. The molecule has 5 N–H and O–H groups in total. The van der Waals surface area contributed by atoms with Crippen molar-refractivity contribution in [1.29, 1.82) is 0 Å². The van der Waals surface area contributed by atoms with Crippen LogP contribution in [0.4, 0.5) is 11.4 Å². The molecule has 2 rings (SSSR count). The van der Waals surface area contributed by atoms with Gasteiger partial charge in [0, 0.05) is 13.1 Å². The molecule has 1 heterocycles. The lowest BCUT2D eigenvalue weighted by molar-refractivity contribution is -0.125. The largest absolute Gasteiger partial charge is 0.478 e. The van der Waals surface area contributed by atoms with Crippen LogP contribution in [0, 0.1) is 5.41 Å². The average molecular weight is 263 g/mol. The van der Waals surface area contributed by atoms with Crippen molar-refractivity contribution in [3.8, 4) is 0 Å². The molecule has 19 heavy (non-hydrogen) atoms. The Kier molecular flexibility index (Phi) is 3.09. The molecule has 1 atom stereocenters. The number of anilines is 2. The zero-order valence-corrected chi connectivity index (χ0v) is 10.7. The minimum absolute atomic E-state index is 0.151. The second-order valence-electron chi connectivity index (χ2n) is 5.18. The van der Waals surface area contributed by atoms with E-state index in [1.54, 1.807) is 6.07 Å². The molecule has 0 spiro atoms. The molecule has 1 unspecified atom stereocenters. The number of nitrogen functional groups attached to an aromatic ring is 1. The molecule has 6 nitrogen and oxygen atoms in total. The normalized spacial score (nSPS) is 22.5. The molecule has 0 aromatic heterocycles. The molecule has 0 radical (unpaired) electrons. The summed E-state index contributed by atoms with van der Waals surface area (Å²) >= 11 is 0. The molecule has 0 bridgehead atoms. The lowest BCUT2D eigenvalue weighted by Crippen LogP contribution is -2.37. The van der Waals surface area contributed by atoms with Crippen molar-refractivity contribution in [3.05, 3.63) is 23.8 Å². The Morgan fingerprint density at radius 3 is 2.58 bits per heavy atom. The third-order valence-corrected chi connectivity index (χ3v) is 3.68. The van der Waals surface area contributed by atoms with E-state index in [1.165, 1.54) is 12.1 Å². The number of carboxylic acids is 1. The van der Waals surface area contributed by atoms with Crippen LogP contribution in [0.15, 0.2) is 18.2 Å². The summed E-state index contributed by atoms with van der Waals surface area (Å²) in [5, 5.41) is 8.89. The van der Waals surface area contributed by atoms with Crippen molar-refractivity contribution in [2.24, 2.45) is 11.1 Å². The average Bonchev–Trinajstić information content (AvgIpc) is 2.73. The highest BCUT2D eigenvalue weighted by Crippen LogP contribution is 2.35. The Morgan fingerprint density at radius 2 is 2.11 bits per heavy atom. The van der Waals surface area contributed by atoms with E-state index in [9.17, 15) is 9.59 Å². The summed E-state index contributed by atoms with van der Waals surface area (Å²) < 4.78 is 0. The van der Waals surface area contributed by atoms with Crippen molar-refractivity contribution in [2.45, 2.75) is 13.3 Å². The van der Waals surface area contributed by atoms with Gasteiger partial charge in [0.15, 0.2) is 0 Å². The molecule has 1 aromatic rings. The molecule has 6 heteroatoms. The Morgan fingerprint density at radius 1 is 1.42 bits per heavy atom. The molecule has 0 saturated carbocycles. The topological polar surface area (TPSA) is 110 Å². The van der Waals surface area contributed by atoms with Crippen LogP contribution in [-0.4, -0.2) is 30.1 Å². The third-order valence-electron chi connectivity index (χ3n) is 3.68. The van der Waals surface area contributed by atoms with Crippen LogP contribution in [0.2, 0.25) is 0 Å². The minimum Gasteiger partial charge on any atom is -0.478 e. The zero-order valence-electron chi connectivity index (χ0n) is 10.7. The number of hydrogen-bond acceptors (Lipinski definition) is 4. The van der Waals surface area contributed by atoms with Gasteiger partial charge in [0.1, 0.15) is 0 Å². The maximum absolute atomic E-state index is 11.4. The van der Waals surface area contributed by atoms with E-state index >= 15 is 0 Å². The first-order valence-electron chi connectivity index (χ1n) is 6.01. The lowest BCUT2D eigenvalue weighted by Gasteiger charge is -2.23. The van der Waals surface area contributed by atoms with E-state index < -0.39 is 11.4 Å². The summed E-state index contributed by atoms with van der Waals surface area (Å²) in [7, 11) is 0. The van der Waals surface area contributed by atoms with E-state index in [0.29, 0.717) is 25.2 Å². The zero-order chi connectivity index (χ0) is 14.2. The molecule has 1 aliphatic rings. The molecule has 1 aromatic carbocycles. The summed E-state index contributed by atoms with van der Waals surface area (Å²) in [6.45, 7) is 3.01. The van der Waals surface area contributed by atoms with Crippen LogP contribution in [-0.2, 0) is 4.79 Å². The predicted molar refractivity (Wildman–Crippen MR) is 71.9 cm³/mol. The maximum Gasteiger partial charge on any atom is 0.335 e. The van der Waals surface area contributed by atoms with E-state index in [0.717, 1.165) is 5.69 Å². The van der Waals surface area contributed by atoms with Crippen LogP contribution in [0.1, 0.15) is 23.7 Å². The quantitative estimate of drug-likeness (QED) is 0.694. The summed E-state index contributed by atoms with van der Waals surface area (Å²) in [4.78, 5) is 24.2. The van der Waals surface area contributed by atoms with Crippen molar-refractivity contribution in [3.63, 3.8) is 0 Å². The predicted octanol–water partition coefficient (Wildman–Crippen LogP) is 0.669. The number of aromatic carboxylic acids is 1. The van der Waals surface area contributed by atoms with Gasteiger partial charge < -0.3 is 21.5 Å². The van der Waals surface area contributed by atoms with Crippen molar-refractivity contribution >= 4 is 23.3 Å². The fraction of sp³-hybridized carbons (Fsp3) is 0.385. The van der Waals surface area contributed by atoms with E-state index in [2.05, 4.69) is 0 Å². The first-order valence-corrected chi connectivity index (χ1v) is 6.01. The second-order valence-corrected chi connectivity index (χ2v) is 5.18. The summed E-state index contributed by atoms with van der Waals surface area (Å²) in [6, 6.07) is 4.61. The monoisotopic (exact) mass is 263 g/mol. The number of nitrogens with two attached hydrogens (primary N) is 2. The summed E-state index contributed by atoms with van der Waals surface area (Å²) in [5.41, 5.74) is 12.0. The highest BCUT2D eigenvalue weighted by atomic mass is 16.4. The number of rotatable bonds is 3. The Hall–Kier alpha value is -2.24. The molecule has 1 saturated heterocycles. The fourth-order valence-corrected chi connectivity index (χ4v) is 2.34. The molecule has 102 valence electrons. The van der Waals surface area contributed by atoms with Gasteiger partial charge in [0.25, 0.3) is 0 Å². The van der Waals surface area contributed by atoms with Crippen LogP contribution < -0.4 is 16.4 Å². The Balaban J connectivity index is 2.25. The number of carboxylic acid groups (broad SMARTS) is 1. The number of carbonyl (C=O) groups excluding carboxylic acids is 1. The van der Waals surface area contributed by atoms with Gasteiger partial charge in [0.05, 0.1) is 22.4 Å². The van der Waals surface area contributed by atoms with Gasteiger partial charge in [-0.3, -0.25) is 4.79 Å². The van der Waals surface area contributed by atoms with Crippen LogP contribution in [0.25, 0.3) is 0 Å². The van der Waals surface area contributed by atoms with Crippen molar-refractivity contribution in [2.75, 3.05) is 23.7 Å². The first-order chi connectivity index (χ1) is 8.83. The van der Waals surface area contributed by atoms with E-state index in [1.807, 2.05) is 11.8 Å².